The smallest absolute Gasteiger partial charge is 0.262 e. The van der Waals surface area contributed by atoms with Crippen molar-refractivity contribution >= 4 is 0 Å². The minimum Gasteiger partial charge on any atom is -0.325 e. The van der Waals surface area contributed by atoms with Crippen LogP contribution in [0.15, 0.2) is 0 Å². The molecule has 0 aromatic heterocycles. The summed E-state index contributed by atoms with van der Waals surface area (Å²) in [4.78, 5) is 0. The van der Waals surface area contributed by atoms with Crippen LogP contribution in [0.3, 0.4) is 0 Å². The van der Waals surface area contributed by atoms with Crippen LogP contribution in [-0.4, -0.2) is 12.5 Å². The molecule has 56 valence electrons. The number of rotatable bonds is 3. The Morgan fingerprint density at radius 1 is 1.56 bits per heavy atom. The third kappa shape index (κ3) is 2.26. The summed E-state index contributed by atoms with van der Waals surface area (Å²) in [6, 6.07) is 0. The maximum absolute atomic E-state index is 12.4. The molecule has 2 N–H and O–H groups in total. The first-order valence-corrected chi connectivity index (χ1v) is 3.12. The van der Waals surface area contributed by atoms with Gasteiger partial charge in [-0.05, 0) is 6.42 Å². The van der Waals surface area contributed by atoms with Crippen molar-refractivity contribution in [3.8, 4) is 0 Å². The van der Waals surface area contributed by atoms with Crippen LogP contribution in [-0.2, 0) is 0 Å². The maximum atomic E-state index is 12.4. The fourth-order valence-corrected chi connectivity index (χ4v) is 0.500. The topological polar surface area (TPSA) is 26.0 Å². The van der Waals surface area contributed by atoms with Crippen molar-refractivity contribution < 1.29 is 8.78 Å². The van der Waals surface area contributed by atoms with Crippen LogP contribution in [0.5, 0.6) is 0 Å². The molecule has 9 heavy (non-hydrogen) atoms. The molecule has 0 aliphatic rings. The van der Waals surface area contributed by atoms with Crippen molar-refractivity contribution in [2.45, 2.75) is 26.2 Å². The average Bonchev–Trinajstić information content (AvgIpc) is 1.86. The van der Waals surface area contributed by atoms with Gasteiger partial charge in [-0.3, -0.25) is 0 Å². The van der Waals surface area contributed by atoms with Crippen LogP contribution >= 0.6 is 0 Å². The summed E-state index contributed by atoms with van der Waals surface area (Å²) in [5.74, 6) is -3.27. The van der Waals surface area contributed by atoms with E-state index in [-0.39, 0.29) is 0 Å². The fraction of sp³-hybridized carbons (Fsp3) is 1.00. The molecule has 0 bridgehead atoms. The molecule has 3 heteroatoms. The first kappa shape index (κ1) is 8.82. The van der Waals surface area contributed by atoms with Crippen LogP contribution in [0.4, 0.5) is 8.78 Å². The monoisotopic (exact) mass is 137 g/mol. The molecule has 1 nitrogen and oxygen atoms in total. The highest BCUT2D eigenvalue weighted by Crippen LogP contribution is 2.24. The Balaban J connectivity index is 3.80. The standard InChI is InChI=1S/C6H13F2N/c1-3-5(2)6(7,8)4-9/h5H,3-4,9H2,1-2H3. The molecule has 0 aromatic carbocycles. The van der Waals surface area contributed by atoms with Gasteiger partial charge in [-0.1, -0.05) is 13.8 Å². The number of nitrogens with two attached hydrogens (primary N) is 1. The minimum absolute atomic E-state index is 0.476. The van der Waals surface area contributed by atoms with Gasteiger partial charge in [-0.15, -0.1) is 0 Å². The molecule has 0 fully saturated rings. The van der Waals surface area contributed by atoms with E-state index in [9.17, 15) is 8.78 Å². The Kier molecular flexibility index (Phi) is 3.04. The summed E-state index contributed by atoms with van der Waals surface area (Å²) in [6.07, 6.45) is 0.476. The Morgan fingerprint density at radius 2 is 2.00 bits per heavy atom. The third-order valence-corrected chi connectivity index (χ3v) is 1.61. The lowest BCUT2D eigenvalue weighted by Crippen LogP contribution is -2.34. The van der Waals surface area contributed by atoms with Gasteiger partial charge >= 0.3 is 0 Å². The van der Waals surface area contributed by atoms with Crippen molar-refractivity contribution in [1.82, 2.24) is 0 Å². The minimum atomic E-state index is -2.67. The van der Waals surface area contributed by atoms with E-state index in [0.717, 1.165) is 0 Å². The normalized spacial score (nSPS) is 15.7. The van der Waals surface area contributed by atoms with E-state index < -0.39 is 18.4 Å². The van der Waals surface area contributed by atoms with Gasteiger partial charge in [0.2, 0.25) is 0 Å². The average molecular weight is 137 g/mol. The quantitative estimate of drug-likeness (QED) is 0.628. The summed E-state index contributed by atoms with van der Waals surface area (Å²) in [5.41, 5.74) is 4.83. The molecule has 0 aromatic rings. The molecule has 1 atom stereocenters. The van der Waals surface area contributed by atoms with Gasteiger partial charge in [-0.25, -0.2) is 8.78 Å². The molecule has 0 heterocycles. The highest BCUT2D eigenvalue weighted by molar-refractivity contribution is 4.72. The summed E-state index contributed by atoms with van der Waals surface area (Å²) < 4.78 is 24.8. The lowest BCUT2D eigenvalue weighted by molar-refractivity contribution is -0.0430. The number of alkyl halides is 2. The van der Waals surface area contributed by atoms with E-state index >= 15 is 0 Å². The second-order valence-electron chi connectivity index (χ2n) is 2.27. The van der Waals surface area contributed by atoms with E-state index in [0.29, 0.717) is 6.42 Å². The Morgan fingerprint density at radius 3 is 2.11 bits per heavy atom. The van der Waals surface area contributed by atoms with Crippen molar-refractivity contribution in [2.24, 2.45) is 11.7 Å². The fourth-order valence-electron chi connectivity index (χ4n) is 0.500. The summed E-state index contributed by atoms with van der Waals surface area (Å²) in [6.45, 7) is 2.70. The van der Waals surface area contributed by atoms with Crippen molar-refractivity contribution in [2.75, 3.05) is 6.54 Å². The summed E-state index contributed by atoms with van der Waals surface area (Å²) in [5, 5.41) is 0. The van der Waals surface area contributed by atoms with Crippen molar-refractivity contribution in [3.05, 3.63) is 0 Å². The summed E-state index contributed by atoms with van der Waals surface area (Å²) in [7, 11) is 0. The second kappa shape index (κ2) is 3.11. The van der Waals surface area contributed by atoms with Gasteiger partial charge in [0.25, 0.3) is 5.92 Å². The molecule has 0 amide bonds. The molecule has 0 spiro atoms. The molecular weight excluding hydrogens is 124 g/mol. The lowest BCUT2D eigenvalue weighted by Gasteiger charge is -2.19. The zero-order valence-electron chi connectivity index (χ0n) is 5.82. The second-order valence-corrected chi connectivity index (χ2v) is 2.27. The maximum Gasteiger partial charge on any atom is 0.262 e. The lowest BCUT2D eigenvalue weighted by atomic mass is 10.0. The van der Waals surface area contributed by atoms with Crippen LogP contribution in [0.25, 0.3) is 0 Å². The third-order valence-electron chi connectivity index (χ3n) is 1.61. The van der Waals surface area contributed by atoms with E-state index in [1.807, 2.05) is 0 Å². The van der Waals surface area contributed by atoms with E-state index in [1.54, 1.807) is 6.92 Å². The molecule has 0 aliphatic carbocycles. The van der Waals surface area contributed by atoms with Gasteiger partial charge in [0, 0.05) is 5.92 Å². The number of halogens is 2. The first-order valence-electron chi connectivity index (χ1n) is 3.12. The Labute approximate surface area is 54.2 Å². The first-order chi connectivity index (χ1) is 4.04. The van der Waals surface area contributed by atoms with Crippen LogP contribution in [0.1, 0.15) is 20.3 Å². The number of hydrogen-bond acceptors (Lipinski definition) is 1. The molecular formula is C6H13F2N. The zero-order valence-corrected chi connectivity index (χ0v) is 5.82. The molecule has 0 saturated carbocycles. The molecule has 1 unspecified atom stereocenters. The zero-order chi connectivity index (χ0) is 7.49. The molecule has 0 radical (unpaired) electrons. The van der Waals surface area contributed by atoms with Gasteiger partial charge in [0.05, 0.1) is 6.54 Å². The van der Waals surface area contributed by atoms with Gasteiger partial charge < -0.3 is 5.73 Å². The molecule has 0 saturated heterocycles. The SMILES string of the molecule is CCC(C)C(F)(F)CN. The Bertz CT molecular complexity index is 83.1. The van der Waals surface area contributed by atoms with Gasteiger partial charge in [0.15, 0.2) is 0 Å². The number of hydrogen-bond donors (Lipinski definition) is 1. The predicted octanol–water partition coefficient (Wildman–Crippen LogP) is 1.63. The molecule has 0 aliphatic heterocycles. The molecule has 0 rings (SSSR count). The van der Waals surface area contributed by atoms with E-state index in [4.69, 9.17) is 5.73 Å². The largest absolute Gasteiger partial charge is 0.325 e. The van der Waals surface area contributed by atoms with Gasteiger partial charge in [0.1, 0.15) is 0 Å². The highest BCUT2D eigenvalue weighted by atomic mass is 19.3. The van der Waals surface area contributed by atoms with Gasteiger partial charge in [-0.2, -0.15) is 0 Å². The van der Waals surface area contributed by atoms with Crippen molar-refractivity contribution in [3.63, 3.8) is 0 Å². The predicted molar refractivity (Wildman–Crippen MR) is 33.5 cm³/mol. The van der Waals surface area contributed by atoms with Crippen molar-refractivity contribution in [1.29, 1.82) is 0 Å². The van der Waals surface area contributed by atoms with E-state index in [2.05, 4.69) is 0 Å². The highest BCUT2D eigenvalue weighted by Gasteiger charge is 2.32. The Hall–Kier alpha value is -0.180. The van der Waals surface area contributed by atoms with Crippen LogP contribution in [0, 0.1) is 5.92 Å². The summed E-state index contributed by atoms with van der Waals surface area (Å²) >= 11 is 0. The van der Waals surface area contributed by atoms with E-state index in [1.165, 1.54) is 6.92 Å². The van der Waals surface area contributed by atoms with Crippen LogP contribution in [0.2, 0.25) is 0 Å². The van der Waals surface area contributed by atoms with Crippen LogP contribution < -0.4 is 5.73 Å².